The van der Waals surface area contributed by atoms with E-state index in [0.29, 0.717) is 23.4 Å². The number of benzene rings is 2. The summed E-state index contributed by atoms with van der Waals surface area (Å²) in [6, 6.07) is 12.9. The van der Waals surface area contributed by atoms with Gasteiger partial charge in [-0.2, -0.15) is 0 Å². The molecule has 0 saturated heterocycles. The molecule has 0 aromatic heterocycles. The zero-order valence-corrected chi connectivity index (χ0v) is 17.3. The Bertz CT molecular complexity index is 1010. The standard InChI is InChI=1S/C22H25NO5S/c1-29(25,26)14-17-5-4-6-18(11-17)22(24)23(19-7-2-3-8-19)13-16-9-10-20-21(12-16)28-15-27-20/h4-6,9-12,19H,2-3,7-8,13-15H2,1H3. The molecule has 0 spiro atoms. The quantitative estimate of drug-likeness (QED) is 0.722. The van der Waals surface area contributed by atoms with Gasteiger partial charge in [0.25, 0.3) is 5.91 Å². The second-order valence-corrected chi connectivity index (χ2v) is 9.97. The third-order valence-corrected chi connectivity index (χ3v) is 6.28. The van der Waals surface area contributed by atoms with Gasteiger partial charge in [0.15, 0.2) is 21.3 Å². The smallest absolute Gasteiger partial charge is 0.254 e. The molecule has 7 heteroatoms. The first-order valence-corrected chi connectivity index (χ1v) is 11.9. The highest BCUT2D eigenvalue weighted by Gasteiger charge is 2.28. The first-order chi connectivity index (χ1) is 13.9. The van der Waals surface area contributed by atoms with E-state index in [0.717, 1.165) is 37.0 Å². The van der Waals surface area contributed by atoms with Gasteiger partial charge in [0.2, 0.25) is 6.79 Å². The van der Waals surface area contributed by atoms with Crippen molar-refractivity contribution in [3.63, 3.8) is 0 Å². The lowest BCUT2D eigenvalue weighted by molar-refractivity contribution is 0.0664. The van der Waals surface area contributed by atoms with E-state index in [-0.39, 0.29) is 24.5 Å². The summed E-state index contributed by atoms with van der Waals surface area (Å²) in [5.74, 6) is 1.29. The molecule has 4 rings (SSSR count). The van der Waals surface area contributed by atoms with E-state index in [1.165, 1.54) is 6.26 Å². The van der Waals surface area contributed by atoms with Crippen molar-refractivity contribution in [1.29, 1.82) is 0 Å². The summed E-state index contributed by atoms with van der Waals surface area (Å²) >= 11 is 0. The molecule has 1 aliphatic heterocycles. The summed E-state index contributed by atoms with van der Waals surface area (Å²) in [5, 5.41) is 0. The van der Waals surface area contributed by atoms with Crippen molar-refractivity contribution in [2.75, 3.05) is 13.0 Å². The normalized spacial score (nSPS) is 16.2. The van der Waals surface area contributed by atoms with Gasteiger partial charge in [-0.3, -0.25) is 4.79 Å². The third kappa shape index (κ3) is 4.72. The SMILES string of the molecule is CS(=O)(=O)Cc1cccc(C(=O)N(Cc2ccc3c(c2)OCO3)C2CCCC2)c1. The molecule has 154 valence electrons. The Hall–Kier alpha value is -2.54. The van der Waals surface area contributed by atoms with Gasteiger partial charge in [0, 0.05) is 24.4 Å². The molecule has 1 amide bonds. The van der Waals surface area contributed by atoms with Gasteiger partial charge in [-0.15, -0.1) is 0 Å². The van der Waals surface area contributed by atoms with Crippen molar-refractivity contribution in [2.24, 2.45) is 0 Å². The first-order valence-electron chi connectivity index (χ1n) is 9.85. The Morgan fingerprint density at radius 3 is 2.55 bits per heavy atom. The lowest BCUT2D eigenvalue weighted by Gasteiger charge is -2.29. The van der Waals surface area contributed by atoms with E-state index in [1.807, 2.05) is 23.1 Å². The second-order valence-electron chi connectivity index (χ2n) is 7.83. The van der Waals surface area contributed by atoms with Crippen molar-refractivity contribution in [2.45, 2.75) is 44.0 Å². The highest BCUT2D eigenvalue weighted by atomic mass is 32.2. The van der Waals surface area contributed by atoms with Crippen molar-refractivity contribution < 1.29 is 22.7 Å². The summed E-state index contributed by atoms with van der Waals surface area (Å²) in [4.78, 5) is 15.3. The van der Waals surface area contributed by atoms with Gasteiger partial charge in [0.05, 0.1) is 5.75 Å². The van der Waals surface area contributed by atoms with Crippen LogP contribution in [-0.4, -0.2) is 38.3 Å². The average molecular weight is 416 g/mol. The topological polar surface area (TPSA) is 72.9 Å². The molecule has 0 N–H and O–H groups in total. The van der Waals surface area contributed by atoms with Crippen LogP contribution in [0.5, 0.6) is 11.5 Å². The number of amides is 1. The Morgan fingerprint density at radius 2 is 1.79 bits per heavy atom. The second kappa shape index (κ2) is 8.06. The molecule has 1 saturated carbocycles. The number of hydrogen-bond donors (Lipinski definition) is 0. The van der Waals surface area contributed by atoms with Gasteiger partial charge in [-0.1, -0.05) is 31.0 Å². The fraction of sp³-hybridized carbons (Fsp3) is 0.409. The maximum absolute atomic E-state index is 13.4. The molecule has 0 radical (unpaired) electrons. The minimum atomic E-state index is -3.16. The largest absolute Gasteiger partial charge is 0.454 e. The number of fused-ring (bicyclic) bond motifs is 1. The Labute approximate surface area is 171 Å². The monoisotopic (exact) mass is 415 g/mol. The van der Waals surface area contributed by atoms with Crippen molar-refractivity contribution >= 4 is 15.7 Å². The molecule has 0 unspecified atom stereocenters. The fourth-order valence-electron chi connectivity index (χ4n) is 4.08. The zero-order chi connectivity index (χ0) is 20.4. The zero-order valence-electron chi connectivity index (χ0n) is 16.5. The average Bonchev–Trinajstić information content (AvgIpc) is 3.35. The Balaban J connectivity index is 1.60. The summed E-state index contributed by atoms with van der Waals surface area (Å²) in [6.07, 6.45) is 5.40. The number of carbonyl (C=O) groups excluding carboxylic acids is 1. The van der Waals surface area contributed by atoms with E-state index in [9.17, 15) is 13.2 Å². The van der Waals surface area contributed by atoms with Crippen molar-refractivity contribution in [3.8, 4) is 11.5 Å². The molecule has 0 atom stereocenters. The maximum atomic E-state index is 13.4. The summed E-state index contributed by atoms with van der Waals surface area (Å²) in [5.41, 5.74) is 2.15. The van der Waals surface area contributed by atoms with Crippen LogP contribution in [0.15, 0.2) is 42.5 Å². The molecule has 1 fully saturated rings. The van der Waals surface area contributed by atoms with Crippen LogP contribution in [0, 0.1) is 0 Å². The highest BCUT2D eigenvalue weighted by molar-refractivity contribution is 7.89. The van der Waals surface area contributed by atoms with Crippen LogP contribution in [-0.2, 0) is 22.1 Å². The fourth-order valence-corrected chi connectivity index (χ4v) is 4.87. The van der Waals surface area contributed by atoms with Crippen molar-refractivity contribution in [1.82, 2.24) is 4.90 Å². The molecule has 0 bridgehead atoms. The summed E-state index contributed by atoms with van der Waals surface area (Å²) in [6.45, 7) is 0.702. The van der Waals surface area contributed by atoms with Gasteiger partial charge >= 0.3 is 0 Å². The lowest BCUT2D eigenvalue weighted by atomic mass is 10.1. The summed E-state index contributed by atoms with van der Waals surface area (Å²) in [7, 11) is -3.16. The molecule has 2 aromatic carbocycles. The van der Waals surface area contributed by atoms with Gasteiger partial charge < -0.3 is 14.4 Å². The highest BCUT2D eigenvalue weighted by Crippen LogP contribution is 2.34. The van der Waals surface area contributed by atoms with Crippen LogP contribution in [0.3, 0.4) is 0 Å². The number of ether oxygens (including phenoxy) is 2. The molecule has 6 nitrogen and oxygen atoms in total. The number of nitrogens with zero attached hydrogens (tertiary/aromatic N) is 1. The van der Waals surface area contributed by atoms with E-state index >= 15 is 0 Å². The lowest BCUT2D eigenvalue weighted by Crippen LogP contribution is -2.38. The van der Waals surface area contributed by atoms with Gasteiger partial charge in [-0.05, 0) is 48.2 Å². The van der Waals surface area contributed by atoms with E-state index in [4.69, 9.17) is 9.47 Å². The molecule has 29 heavy (non-hydrogen) atoms. The minimum Gasteiger partial charge on any atom is -0.454 e. The van der Waals surface area contributed by atoms with Crippen LogP contribution in [0.25, 0.3) is 0 Å². The van der Waals surface area contributed by atoms with Crippen LogP contribution in [0.4, 0.5) is 0 Å². The van der Waals surface area contributed by atoms with E-state index < -0.39 is 9.84 Å². The van der Waals surface area contributed by atoms with Crippen LogP contribution < -0.4 is 9.47 Å². The summed E-state index contributed by atoms with van der Waals surface area (Å²) < 4.78 is 34.1. The maximum Gasteiger partial charge on any atom is 0.254 e. The van der Waals surface area contributed by atoms with Crippen LogP contribution >= 0.6 is 0 Å². The molecule has 1 aliphatic carbocycles. The number of rotatable bonds is 6. The van der Waals surface area contributed by atoms with Gasteiger partial charge in [0.1, 0.15) is 0 Å². The molecular weight excluding hydrogens is 390 g/mol. The Morgan fingerprint density at radius 1 is 1.03 bits per heavy atom. The van der Waals surface area contributed by atoms with E-state index in [1.54, 1.807) is 24.3 Å². The number of carbonyl (C=O) groups is 1. The molecule has 2 aromatic rings. The predicted octanol–water partition coefficient (Wildman–Crippen LogP) is 3.54. The van der Waals surface area contributed by atoms with E-state index in [2.05, 4.69) is 0 Å². The van der Waals surface area contributed by atoms with Gasteiger partial charge in [-0.25, -0.2) is 8.42 Å². The molecule has 2 aliphatic rings. The Kier molecular flexibility index (Phi) is 5.50. The van der Waals surface area contributed by atoms with Crippen LogP contribution in [0.2, 0.25) is 0 Å². The molecule has 1 heterocycles. The predicted molar refractivity (Wildman–Crippen MR) is 110 cm³/mol. The van der Waals surface area contributed by atoms with Crippen molar-refractivity contribution in [3.05, 3.63) is 59.2 Å². The number of hydrogen-bond acceptors (Lipinski definition) is 5. The van der Waals surface area contributed by atoms with Crippen LogP contribution in [0.1, 0.15) is 47.2 Å². The number of sulfone groups is 1. The third-order valence-electron chi connectivity index (χ3n) is 5.42. The molecular formula is C22H25NO5S. The minimum absolute atomic E-state index is 0.0649. The first kappa shape index (κ1) is 19.8.